The molecule has 0 radical (unpaired) electrons. The fourth-order valence-corrected chi connectivity index (χ4v) is 2.02. The fraction of sp³-hybridized carbons (Fsp3) is 0.636. The smallest absolute Gasteiger partial charge is 0.240 e. The molecule has 0 aromatic carbocycles. The van der Waals surface area contributed by atoms with Crippen molar-refractivity contribution in [3.05, 3.63) is 18.0 Å². The van der Waals surface area contributed by atoms with Crippen LogP contribution in [0.15, 0.2) is 12.3 Å². The molecule has 2 N–H and O–H groups in total. The first-order chi connectivity index (χ1) is 7.68. The topological polar surface area (TPSA) is 61.0 Å². The highest BCUT2D eigenvalue weighted by molar-refractivity contribution is 5.84. The van der Waals surface area contributed by atoms with E-state index in [4.69, 9.17) is 0 Å². The van der Waals surface area contributed by atoms with Crippen LogP contribution in [0.5, 0.6) is 0 Å². The third-order valence-corrected chi connectivity index (χ3v) is 2.96. The summed E-state index contributed by atoms with van der Waals surface area (Å²) in [5.41, 5.74) is 1.01. The Morgan fingerprint density at radius 2 is 2.50 bits per heavy atom. The molecule has 88 valence electrons. The quantitative estimate of drug-likeness (QED) is 0.780. The molecule has 1 amide bonds. The number of hydrogen-bond acceptors (Lipinski definition) is 3. The second kappa shape index (κ2) is 4.65. The highest BCUT2D eigenvalue weighted by Gasteiger charge is 2.32. The molecule has 1 aromatic rings. The van der Waals surface area contributed by atoms with E-state index in [0.717, 1.165) is 18.7 Å². The molecule has 5 heteroatoms. The molecule has 1 aliphatic heterocycles. The van der Waals surface area contributed by atoms with Crippen LogP contribution in [0.2, 0.25) is 0 Å². The van der Waals surface area contributed by atoms with Crippen LogP contribution in [0, 0.1) is 0 Å². The standard InChI is InChI=1S/C11H18N4O/c1-8(2)15-6-4-10(11(15)16)12-7-9-3-5-13-14-9/h3,5,8,10,12H,4,6-7H2,1-2H3,(H,13,14). The van der Waals surface area contributed by atoms with Gasteiger partial charge in [-0.05, 0) is 26.3 Å². The van der Waals surface area contributed by atoms with E-state index in [9.17, 15) is 4.79 Å². The largest absolute Gasteiger partial charge is 0.339 e. The average molecular weight is 222 g/mol. The number of H-pyrrole nitrogens is 1. The van der Waals surface area contributed by atoms with Gasteiger partial charge in [0, 0.05) is 31.0 Å². The Bertz CT molecular complexity index is 347. The molecule has 16 heavy (non-hydrogen) atoms. The van der Waals surface area contributed by atoms with Crippen molar-refractivity contribution in [2.75, 3.05) is 6.54 Å². The first-order valence-corrected chi connectivity index (χ1v) is 5.70. The lowest BCUT2D eigenvalue weighted by Crippen LogP contribution is -2.40. The molecule has 1 aliphatic rings. The normalized spacial score (nSPS) is 21.1. The van der Waals surface area contributed by atoms with Gasteiger partial charge in [0.2, 0.25) is 5.91 Å². The van der Waals surface area contributed by atoms with Crippen LogP contribution >= 0.6 is 0 Å². The number of carbonyl (C=O) groups excluding carboxylic acids is 1. The summed E-state index contributed by atoms with van der Waals surface area (Å²) >= 11 is 0. The molecule has 1 fully saturated rings. The van der Waals surface area contributed by atoms with Crippen LogP contribution in [0.3, 0.4) is 0 Å². The zero-order chi connectivity index (χ0) is 11.5. The van der Waals surface area contributed by atoms with Gasteiger partial charge in [-0.3, -0.25) is 9.89 Å². The molecule has 2 heterocycles. The van der Waals surface area contributed by atoms with E-state index in [0.29, 0.717) is 12.6 Å². The van der Waals surface area contributed by atoms with Gasteiger partial charge in [0.1, 0.15) is 0 Å². The second-order valence-corrected chi connectivity index (χ2v) is 4.43. The minimum atomic E-state index is -0.0364. The van der Waals surface area contributed by atoms with Gasteiger partial charge in [0.25, 0.3) is 0 Å². The van der Waals surface area contributed by atoms with Crippen molar-refractivity contribution in [1.29, 1.82) is 0 Å². The van der Waals surface area contributed by atoms with Crippen LogP contribution in [-0.4, -0.2) is 39.6 Å². The van der Waals surface area contributed by atoms with E-state index in [-0.39, 0.29) is 11.9 Å². The number of nitrogens with zero attached hydrogens (tertiary/aromatic N) is 2. The maximum Gasteiger partial charge on any atom is 0.240 e. The number of rotatable bonds is 4. The summed E-state index contributed by atoms with van der Waals surface area (Å²) in [7, 11) is 0. The fourth-order valence-electron chi connectivity index (χ4n) is 2.02. The van der Waals surface area contributed by atoms with Gasteiger partial charge in [-0.15, -0.1) is 0 Å². The first-order valence-electron chi connectivity index (χ1n) is 5.70. The van der Waals surface area contributed by atoms with Gasteiger partial charge < -0.3 is 10.2 Å². The van der Waals surface area contributed by atoms with E-state index in [1.54, 1.807) is 6.20 Å². The van der Waals surface area contributed by atoms with Crippen LogP contribution in [0.25, 0.3) is 0 Å². The Labute approximate surface area is 95.2 Å². The van der Waals surface area contributed by atoms with Crippen molar-refractivity contribution in [1.82, 2.24) is 20.4 Å². The Morgan fingerprint density at radius 1 is 1.69 bits per heavy atom. The van der Waals surface area contributed by atoms with Gasteiger partial charge in [-0.25, -0.2) is 0 Å². The minimum Gasteiger partial charge on any atom is -0.339 e. The lowest BCUT2D eigenvalue weighted by Gasteiger charge is -2.21. The monoisotopic (exact) mass is 222 g/mol. The number of amides is 1. The Morgan fingerprint density at radius 3 is 3.06 bits per heavy atom. The number of hydrogen-bond donors (Lipinski definition) is 2. The lowest BCUT2D eigenvalue weighted by atomic mass is 10.2. The molecule has 0 bridgehead atoms. The summed E-state index contributed by atoms with van der Waals surface area (Å²) in [5, 5.41) is 10.00. The SMILES string of the molecule is CC(C)N1CCC(NCc2ccn[nH]2)C1=O. The van der Waals surface area contributed by atoms with Crippen LogP contribution in [0.4, 0.5) is 0 Å². The highest BCUT2D eigenvalue weighted by atomic mass is 16.2. The average Bonchev–Trinajstić information content (AvgIpc) is 2.84. The molecular weight excluding hydrogens is 204 g/mol. The van der Waals surface area contributed by atoms with Gasteiger partial charge >= 0.3 is 0 Å². The zero-order valence-corrected chi connectivity index (χ0v) is 9.73. The molecule has 1 aromatic heterocycles. The summed E-state index contributed by atoms with van der Waals surface area (Å²) < 4.78 is 0. The highest BCUT2D eigenvalue weighted by Crippen LogP contribution is 2.14. The lowest BCUT2D eigenvalue weighted by molar-refractivity contribution is -0.130. The summed E-state index contributed by atoms with van der Waals surface area (Å²) in [6, 6.07) is 2.17. The van der Waals surface area contributed by atoms with Crippen molar-refractivity contribution < 1.29 is 4.79 Å². The van der Waals surface area contributed by atoms with Gasteiger partial charge in [0.05, 0.1) is 6.04 Å². The molecule has 1 unspecified atom stereocenters. The van der Waals surface area contributed by atoms with Crippen molar-refractivity contribution in [3.8, 4) is 0 Å². The van der Waals surface area contributed by atoms with Crippen molar-refractivity contribution in [2.24, 2.45) is 0 Å². The van der Waals surface area contributed by atoms with Crippen molar-refractivity contribution >= 4 is 5.91 Å². The minimum absolute atomic E-state index is 0.0364. The molecule has 2 rings (SSSR count). The Kier molecular flexibility index (Phi) is 3.24. The number of carbonyl (C=O) groups is 1. The molecule has 5 nitrogen and oxygen atoms in total. The van der Waals surface area contributed by atoms with Crippen molar-refractivity contribution in [2.45, 2.75) is 38.9 Å². The molecule has 1 saturated heterocycles. The summed E-state index contributed by atoms with van der Waals surface area (Å²) in [6.45, 7) is 5.63. The van der Waals surface area contributed by atoms with E-state index < -0.39 is 0 Å². The predicted octanol–water partition coefficient (Wildman–Crippen LogP) is 0.509. The molecule has 1 atom stereocenters. The Hall–Kier alpha value is -1.36. The van der Waals surface area contributed by atoms with Gasteiger partial charge in [-0.1, -0.05) is 0 Å². The van der Waals surface area contributed by atoms with Crippen molar-refractivity contribution in [3.63, 3.8) is 0 Å². The Balaban J connectivity index is 1.86. The maximum atomic E-state index is 11.9. The molecule has 0 aliphatic carbocycles. The summed E-state index contributed by atoms with van der Waals surface area (Å²) in [4.78, 5) is 13.9. The van der Waals surface area contributed by atoms with E-state index in [1.165, 1.54) is 0 Å². The number of likely N-dealkylation sites (tertiary alicyclic amines) is 1. The third kappa shape index (κ3) is 2.24. The van der Waals surface area contributed by atoms with Crippen LogP contribution in [0.1, 0.15) is 26.0 Å². The van der Waals surface area contributed by atoms with E-state index in [2.05, 4.69) is 29.4 Å². The van der Waals surface area contributed by atoms with Gasteiger partial charge in [0.15, 0.2) is 0 Å². The van der Waals surface area contributed by atoms with E-state index >= 15 is 0 Å². The number of aromatic nitrogens is 2. The maximum absolute atomic E-state index is 11.9. The summed E-state index contributed by atoms with van der Waals surface area (Å²) in [6.07, 6.45) is 2.61. The van der Waals surface area contributed by atoms with Crippen LogP contribution in [-0.2, 0) is 11.3 Å². The van der Waals surface area contributed by atoms with E-state index in [1.807, 2.05) is 11.0 Å². The van der Waals surface area contributed by atoms with Gasteiger partial charge in [-0.2, -0.15) is 5.10 Å². The zero-order valence-electron chi connectivity index (χ0n) is 9.73. The number of aromatic amines is 1. The first kappa shape index (κ1) is 11.1. The molecular formula is C11H18N4O. The summed E-state index contributed by atoms with van der Waals surface area (Å²) in [5.74, 6) is 0.217. The van der Waals surface area contributed by atoms with Crippen LogP contribution < -0.4 is 5.32 Å². The number of nitrogens with one attached hydrogen (secondary N) is 2. The molecule has 0 saturated carbocycles. The second-order valence-electron chi connectivity index (χ2n) is 4.43. The predicted molar refractivity (Wildman–Crippen MR) is 60.7 cm³/mol. The molecule has 0 spiro atoms. The third-order valence-electron chi connectivity index (χ3n) is 2.96.